The summed E-state index contributed by atoms with van der Waals surface area (Å²) in [4.78, 5) is 0. The maximum Gasteiger partial charge on any atom is 0.417 e. The van der Waals surface area contributed by atoms with Crippen molar-refractivity contribution < 1.29 is 26.3 Å². The van der Waals surface area contributed by atoms with Gasteiger partial charge in [-0.2, -0.15) is 26.3 Å². The van der Waals surface area contributed by atoms with Crippen LogP contribution in [0.2, 0.25) is 0 Å². The molecule has 1 heterocycles. The van der Waals surface area contributed by atoms with Crippen molar-refractivity contribution in [3.8, 4) is 0 Å². The molecule has 8 heteroatoms. The summed E-state index contributed by atoms with van der Waals surface area (Å²) in [5.41, 5.74) is -0.303. The van der Waals surface area contributed by atoms with Gasteiger partial charge >= 0.3 is 12.4 Å². The molecule has 1 nitrogen and oxygen atoms in total. The van der Waals surface area contributed by atoms with Crippen LogP contribution in [0, 0.1) is 0 Å². The maximum absolute atomic E-state index is 14.5. The van der Waals surface area contributed by atoms with Crippen LogP contribution >= 0.6 is 8.07 Å². The van der Waals surface area contributed by atoms with E-state index >= 15 is 0 Å². The standard InChI is InChI=1S/C31H22F6NP/c1-38(2)39-28-22(13-7-15-24(28)30(32,33)34)27(23-14-8-16-25(29(23)39)31(35,36)37)26-20-11-5-3-9-18(20)17-19-10-4-6-12-21(19)26/h3-17,27H,1-2H3. The van der Waals surface area contributed by atoms with E-state index in [0.29, 0.717) is 16.7 Å². The Bertz CT molecular complexity index is 1620. The number of halogens is 6. The lowest BCUT2D eigenvalue weighted by molar-refractivity contribution is -0.137. The topological polar surface area (TPSA) is 3.24 Å². The minimum Gasteiger partial charge on any atom is -0.281 e. The molecule has 6 rings (SSSR count). The fourth-order valence-electron chi connectivity index (χ4n) is 5.87. The molecule has 0 radical (unpaired) electrons. The molecule has 0 saturated heterocycles. The largest absolute Gasteiger partial charge is 0.417 e. The second-order valence-corrected chi connectivity index (χ2v) is 12.1. The molecule has 0 aliphatic carbocycles. The van der Waals surface area contributed by atoms with E-state index < -0.39 is 37.5 Å². The first kappa shape index (κ1) is 25.8. The Labute approximate surface area is 222 Å². The van der Waals surface area contributed by atoms with Gasteiger partial charge in [0, 0.05) is 24.6 Å². The normalized spacial score (nSPS) is 17.5. The van der Waals surface area contributed by atoms with Crippen molar-refractivity contribution in [2.24, 2.45) is 0 Å². The van der Waals surface area contributed by atoms with Gasteiger partial charge in [-0.3, -0.25) is 4.67 Å². The highest BCUT2D eigenvalue weighted by molar-refractivity contribution is 7.71. The minimum absolute atomic E-state index is 0.0729. The Morgan fingerprint density at radius 3 is 1.44 bits per heavy atom. The maximum atomic E-state index is 14.5. The van der Waals surface area contributed by atoms with Crippen LogP contribution in [0.1, 0.15) is 33.7 Å². The zero-order valence-electron chi connectivity index (χ0n) is 20.9. The predicted octanol–water partition coefficient (Wildman–Crippen LogP) is 8.43. The van der Waals surface area contributed by atoms with Crippen LogP contribution in [0.3, 0.4) is 0 Å². The van der Waals surface area contributed by atoms with Crippen LogP contribution in [0.5, 0.6) is 0 Å². The molecule has 0 spiro atoms. The van der Waals surface area contributed by atoms with E-state index in [1.54, 1.807) is 26.2 Å². The van der Waals surface area contributed by atoms with Crippen LogP contribution in [0.4, 0.5) is 26.3 Å². The van der Waals surface area contributed by atoms with Gasteiger partial charge in [0.25, 0.3) is 0 Å². The number of hydrogen-bond acceptors (Lipinski definition) is 1. The van der Waals surface area contributed by atoms with E-state index in [4.69, 9.17) is 0 Å². The zero-order chi connectivity index (χ0) is 27.7. The molecular weight excluding hydrogens is 531 g/mol. The van der Waals surface area contributed by atoms with Crippen molar-refractivity contribution >= 4 is 40.2 Å². The molecule has 0 saturated carbocycles. The van der Waals surface area contributed by atoms with Crippen LogP contribution < -0.4 is 10.6 Å². The van der Waals surface area contributed by atoms with Crippen LogP contribution in [-0.4, -0.2) is 18.8 Å². The van der Waals surface area contributed by atoms with Gasteiger partial charge in [-0.05, 0) is 70.5 Å². The Hall–Kier alpha value is -3.41. The summed E-state index contributed by atoms with van der Waals surface area (Å²) in [5.74, 6) is -0.839. The molecule has 0 N–H and O–H groups in total. The van der Waals surface area contributed by atoms with Crippen molar-refractivity contribution in [2.75, 3.05) is 14.1 Å². The van der Waals surface area contributed by atoms with Crippen molar-refractivity contribution in [3.05, 3.63) is 119 Å². The Kier molecular flexibility index (Phi) is 6.01. The highest BCUT2D eigenvalue weighted by Crippen LogP contribution is 2.54. The lowest BCUT2D eigenvalue weighted by Crippen LogP contribution is -2.40. The summed E-state index contributed by atoms with van der Waals surface area (Å²) >= 11 is 0. The molecule has 5 aromatic rings. The smallest absolute Gasteiger partial charge is 0.281 e. The first-order valence-corrected chi connectivity index (χ1v) is 13.6. The first-order valence-electron chi connectivity index (χ1n) is 12.3. The van der Waals surface area contributed by atoms with Gasteiger partial charge in [0.15, 0.2) is 0 Å². The second kappa shape index (κ2) is 9.07. The molecular formula is C31H22F6NP. The van der Waals surface area contributed by atoms with E-state index in [0.717, 1.165) is 33.7 Å². The fraction of sp³-hybridized carbons (Fsp3) is 0.161. The molecule has 0 fully saturated rings. The number of benzene rings is 5. The number of nitrogens with zero attached hydrogens (tertiary/aromatic N) is 1. The highest BCUT2D eigenvalue weighted by atomic mass is 31.1. The van der Waals surface area contributed by atoms with Gasteiger partial charge in [-0.1, -0.05) is 72.8 Å². The van der Waals surface area contributed by atoms with Crippen molar-refractivity contribution in [1.29, 1.82) is 0 Å². The third-order valence-corrected chi connectivity index (χ3v) is 9.94. The molecule has 0 aromatic heterocycles. The van der Waals surface area contributed by atoms with Crippen molar-refractivity contribution in [1.82, 2.24) is 4.67 Å². The number of hydrogen-bond donors (Lipinski definition) is 0. The highest BCUT2D eigenvalue weighted by Gasteiger charge is 2.47. The average Bonchev–Trinajstić information content (AvgIpc) is 2.88. The van der Waals surface area contributed by atoms with E-state index in [9.17, 15) is 26.3 Å². The Balaban J connectivity index is 1.84. The second-order valence-electron chi connectivity index (χ2n) is 9.81. The number of rotatable bonds is 2. The SMILES string of the molecule is CN(C)P1c2c(cccc2C(F)(F)F)C(c2c3ccccc3cc3ccccc23)c2cccc(C(F)(F)F)c21. The average molecular weight is 553 g/mol. The Morgan fingerprint density at radius 2 is 1.03 bits per heavy atom. The molecule has 0 bridgehead atoms. The van der Waals surface area contributed by atoms with Gasteiger partial charge in [-0.15, -0.1) is 0 Å². The lowest BCUT2D eigenvalue weighted by atomic mass is 9.79. The van der Waals surface area contributed by atoms with Crippen molar-refractivity contribution in [2.45, 2.75) is 18.3 Å². The Morgan fingerprint density at radius 1 is 0.590 bits per heavy atom. The summed E-state index contributed by atoms with van der Waals surface area (Å²) in [6.07, 6.45) is -9.48. The van der Waals surface area contributed by atoms with Gasteiger partial charge in [0.1, 0.15) is 0 Å². The third-order valence-electron chi connectivity index (χ3n) is 7.29. The fourth-order valence-corrected chi connectivity index (χ4v) is 8.65. The molecule has 0 unspecified atom stereocenters. The van der Waals surface area contributed by atoms with E-state index in [2.05, 4.69) is 0 Å². The third kappa shape index (κ3) is 4.11. The van der Waals surface area contributed by atoms with Gasteiger partial charge in [0.05, 0.1) is 11.1 Å². The number of fused-ring (bicyclic) bond motifs is 4. The first-order chi connectivity index (χ1) is 18.5. The van der Waals surface area contributed by atoms with Crippen LogP contribution in [0.25, 0.3) is 21.5 Å². The molecule has 5 aromatic carbocycles. The molecule has 0 amide bonds. The number of alkyl halides is 6. The van der Waals surface area contributed by atoms with E-state index in [1.807, 2.05) is 54.6 Å². The van der Waals surface area contributed by atoms with Crippen LogP contribution in [-0.2, 0) is 12.4 Å². The van der Waals surface area contributed by atoms with Crippen molar-refractivity contribution in [3.63, 3.8) is 0 Å². The van der Waals surface area contributed by atoms with Gasteiger partial charge in [-0.25, -0.2) is 0 Å². The monoisotopic (exact) mass is 553 g/mol. The van der Waals surface area contributed by atoms with Gasteiger partial charge in [0.2, 0.25) is 0 Å². The quantitative estimate of drug-likeness (QED) is 0.121. The predicted molar refractivity (Wildman–Crippen MR) is 145 cm³/mol. The molecule has 39 heavy (non-hydrogen) atoms. The molecule has 1 aliphatic heterocycles. The summed E-state index contributed by atoms with van der Waals surface area (Å²) in [6, 6.07) is 25.0. The summed E-state index contributed by atoms with van der Waals surface area (Å²) in [6.45, 7) is 0. The lowest BCUT2D eigenvalue weighted by Gasteiger charge is -2.40. The van der Waals surface area contributed by atoms with E-state index in [-0.39, 0.29) is 10.6 Å². The minimum atomic E-state index is -4.74. The molecule has 0 atom stereocenters. The van der Waals surface area contributed by atoms with E-state index in [1.165, 1.54) is 16.8 Å². The summed E-state index contributed by atoms with van der Waals surface area (Å²) in [5, 5.41) is 3.18. The molecule has 1 aliphatic rings. The summed E-state index contributed by atoms with van der Waals surface area (Å²) in [7, 11) is 0.955. The summed E-state index contributed by atoms with van der Waals surface area (Å²) < 4.78 is 88.7. The zero-order valence-corrected chi connectivity index (χ0v) is 21.8. The molecule has 198 valence electrons. The van der Waals surface area contributed by atoms with Gasteiger partial charge < -0.3 is 0 Å². The van der Waals surface area contributed by atoms with Crippen LogP contribution in [0.15, 0.2) is 91.0 Å².